The van der Waals surface area contributed by atoms with E-state index in [9.17, 15) is 13.2 Å². The first-order chi connectivity index (χ1) is 15.4. The molecule has 1 saturated heterocycles. The Morgan fingerprint density at radius 3 is 2.66 bits per heavy atom. The van der Waals surface area contributed by atoms with E-state index in [0.717, 1.165) is 5.69 Å². The summed E-state index contributed by atoms with van der Waals surface area (Å²) in [6.07, 6.45) is 1.57. The van der Waals surface area contributed by atoms with Crippen LogP contribution in [-0.4, -0.2) is 65.5 Å². The zero-order chi connectivity index (χ0) is 22.6. The standard InChI is InChI=1S/C20H20ClN5O4S2/c21-15-6-7-18(32(28,29)25-8-10-30-11-9-25)17(12-15)23-19(27)13-31-20-24-22-14-26(20)16-4-2-1-3-5-16/h1-7,12,14H,8-11,13H2,(H,23,27). The zero-order valence-electron chi connectivity index (χ0n) is 16.8. The Morgan fingerprint density at radius 2 is 1.91 bits per heavy atom. The fourth-order valence-electron chi connectivity index (χ4n) is 3.16. The summed E-state index contributed by atoms with van der Waals surface area (Å²) in [5.74, 6) is -0.381. The van der Waals surface area contributed by atoms with Crippen LogP contribution in [0.15, 0.2) is 64.9 Å². The molecule has 0 radical (unpaired) electrons. The van der Waals surface area contributed by atoms with Gasteiger partial charge in [-0.1, -0.05) is 41.6 Å². The number of anilines is 1. The third-order valence-corrected chi connectivity index (χ3v) is 7.82. The minimum atomic E-state index is -3.81. The summed E-state index contributed by atoms with van der Waals surface area (Å²) in [7, 11) is -3.81. The van der Waals surface area contributed by atoms with E-state index < -0.39 is 15.9 Å². The quantitative estimate of drug-likeness (QED) is 0.504. The van der Waals surface area contributed by atoms with Crippen LogP contribution in [0.25, 0.3) is 5.69 Å². The molecule has 12 heteroatoms. The van der Waals surface area contributed by atoms with E-state index in [4.69, 9.17) is 16.3 Å². The van der Waals surface area contributed by atoms with Crippen molar-refractivity contribution in [1.29, 1.82) is 0 Å². The highest BCUT2D eigenvalue weighted by atomic mass is 35.5. The van der Waals surface area contributed by atoms with E-state index in [1.165, 1.54) is 34.3 Å². The van der Waals surface area contributed by atoms with E-state index in [-0.39, 0.29) is 29.4 Å². The molecule has 1 aromatic heterocycles. The molecule has 0 spiro atoms. The highest BCUT2D eigenvalue weighted by Crippen LogP contribution is 2.29. The number of thioether (sulfide) groups is 1. The maximum Gasteiger partial charge on any atom is 0.245 e. The number of halogens is 1. The van der Waals surface area contributed by atoms with Crippen molar-refractivity contribution < 1.29 is 17.9 Å². The lowest BCUT2D eigenvalue weighted by atomic mass is 10.3. The van der Waals surface area contributed by atoms with Gasteiger partial charge in [0, 0.05) is 23.8 Å². The van der Waals surface area contributed by atoms with Crippen LogP contribution in [0.5, 0.6) is 0 Å². The molecule has 3 aromatic rings. The van der Waals surface area contributed by atoms with Crippen LogP contribution in [0.1, 0.15) is 0 Å². The number of morpholine rings is 1. The highest BCUT2D eigenvalue weighted by molar-refractivity contribution is 7.99. The smallest absolute Gasteiger partial charge is 0.245 e. The molecule has 0 saturated carbocycles. The molecule has 1 amide bonds. The predicted octanol–water partition coefficient (Wildman–Crippen LogP) is 2.67. The third-order valence-electron chi connectivity index (χ3n) is 4.69. The molecule has 2 heterocycles. The summed E-state index contributed by atoms with van der Waals surface area (Å²) in [6, 6.07) is 13.8. The summed E-state index contributed by atoms with van der Waals surface area (Å²) in [6.45, 7) is 1.16. The van der Waals surface area contributed by atoms with Crippen molar-refractivity contribution in [2.24, 2.45) is 0 Å². The van der Waals surface area contributed by atoms with Gasteiger partial charge < -0.3 is 10.1 Å². The first-order valence-corrected chi connectivity index (χ1v) is 12.5. The van der Waals surface area contributed by atoms with Crippen LogP contribution in [0, 0.1) is 0 Å². The van der Waals surface area contributed by atoms with Crippen LogP contribution in [0.4, 0.5) is 5.69 Å². The molecule has 1 fully saturated rings. The van der Waals surface area contributed by atoms with Gasteiger partial charge in [-0.3, -0.25) is 9.36 Å². The lowest BCUT2D eigenvalue weighted by Crippen LogP contribution is -2.40. The van der Waals surface area contributed by atoms with Gasteiger partial charge in [0.25, 0.3) is 0 Å². The molecule has 0 aliphatic carbocycles. The average molecular weight is 494 g/mol. The Kier molecular flexibility index (Phi) is 7.11. The number of nitrogens with one attached hydrogen (secondary N) is 1. The molecule has 0 bridgehead atoms. The minimum absolute atomic E-state index is 0.00500. The Morgan fingerprint density at radius 1 is 1.16 bits per heavy atom. The largest absolute Gasteiger partial charge is 0.379 e. The molecule has 0 unspecified atom stereocenters. The number of ether oxygens (including phenoxy) is 1. The number of amides is 1. The first-order valence-electron chi connectivity index (χ1n) is 9.71. The first kappa shape index (κ1) is 22.7. The molecule has 1 N–H and O–H groups in total. The average Bonchev–Trinajstić information content (AvgIpc) is 3.27. The molecule has 0 atom stereocenters. The molecular formula is C20H20ClN5O4S2. The predicted molar refractivity (Wildman–Crippen MR) is 122 cm³/mol. The Hall–Kier alpha value is -2.44. The number of carbonyl (C=O) groups is 1. The number of carbonyl (C=O) groups excluding carboxylic acids is 1. The van der Waals surface area contributed by atoms with Crippen LogP contribution in [0.2, 0.25) is 5.02 Å². The summed E-state index contributed by atoms with van der Waals surface area (Å²) >= 11 is 7.27. The Bertz CT molecular complexity index is 1200. The lowest BCUT2D eigenvalue weighted by Gasteiger charge is -2.27. The van der Waals surface area contributed by atoms with Crippen molar-refractivity contribution in [3.63, 3.8) is 0 Å². The van der Waals surface area contributed by atoms with Crippen LogP contribution in [0.3, 0.4) is 0 Å². The number of aromatic nitrogens is 3. The van der Waals surface area contributed by atoms with Gasteiger partial charge in [0.15, 0.2) is 5.16 Å². The monoisotopic (exact) mass is 493 g/mol. The number of hydrogen-bond donors (Lipinski definition) is 1. The SMILES string of the molecule is O=C(CSc1nncn1-c1ccccc1)Nc1cc(Cl)ccc1S(=O)(=O)N1CCOCC1. The van der Waals surface area contributed by atoms with Crippen LogP contribution >= 0.6 is 23.4 Å². The van der Waals surface area contributed by atoms with E-state index in [1.54, 1.807) is 10.9 Å². The van der Waals surface area contributed by atoms with Crippen molar-refractivity contribution in [3.05, 3.63) is 59.9 Å². The molecule has 4 rings (SSSR count). The van der Waals surface area contributed by atoms with Crippen LogP contribution in [-0.2, 0) is 19.6 Å². The molecule has 32 heavy (non-hydrogen) atoms. The van der Waals surface area contributed by atoms with Crippen molar-refractivity contribution in [2.75, 3.05) is 37.4 Å². The number of rotatable bonds is 7. The third kappa shape index (κ3) is 5.13. The second-order valence-corrected chi connectivity index (χ2v) is 10.1. The Balaban J connectivity index is 1.49. The molecule has 9 nitrogen and oxygen atoms in total. The van der Waals surface area contributed by atoms with Gasteiger partial charge in [-0.05, 0) is 30.3 Å². The fraction of sp³-hybridized carbons (Fsp3) is 0.250. The maximum absolute atomic E-state index is 13.1. The van der Waals surface area contributed by atoms with Gasteiger partial charge >= 0.3 is 0 Å². The van der Waals surface area contributed by atoms with Crippen LogP contribution < -0.4 is 5.32 Å². The van der Waals surface area contributed by atoms with E-state index >= 15 is 0 Å². The summed E-state index contributed by atoms with van der Waals surface area (Å²) < 4.78 is 34.5. The minimum Gasteiger partial charge on any atom is -0.379 e. The van der Waals surface area contributed by atoms with E-state index in [0.29, 0.717) is 23.4 Å². The molecule has 1 aliphatic heterocycles. The summed E-state index contributed by atoms with van der Waals surface area (Å²) in [4.78, 5) is 12.7. The van der Waals surface area contributed by atoms with Gasteiger partial charge in [-0.25, -0.2) is 8.42 Å². The van der Waals surface area contributed by atoms with E-state index in [1.807, 2.05) is 30.3 Å². The second kappa shape index (κ2) is 10.0. The molecular weight excluding hydrogens is 474 g/mol. The zero-order valence-corrected chi connectivity index (χ0v) is 19.2. The highest BCUT2D eigenvalue weighted by Gasteiger charge is 2.29. The van der Waals surface area contributed by atoms with E-state index in [2.05, 4.69) is 15.5 Å². The topological polar surface area (TPSA) is 106 Å². The normalized spacial score (nSPS) is 14.9. The number of nitrogens with zero attached hydrogens (tertiary/aromatic N) is 4. The number of sulfonamides is 1. The summed E-state index contributed by atoms with van der Waals surface area (Å²) in [5, 5.41) is 11.5. The molecule has 168 valence electrons. The number of para-hydroxylation sites is 1. The van der Waals surface area contributed by atoms with Gasteiger partial charge in [-0.2, -0.15) is 4.31 Å². The molecule has 2 aromatic carbocycles. The number of benzene rings is 2. The second-order valence-electron chi connectivity index (χ2n) is 6.81. The maximum atomic E-state index is 13.1. The van der Waals surface area contributed by atoms with Crippen molar-refractivity contribution in [3.8, 4) is 5.69 Å². The Labute approximate surface area is 194 Å². The summed E-state index contributed by atoms with van der Waals surface area (Å²) in [5.41, 5.74) is 1.01. The fourth-order valence-corrected chi connectivity index (χ4v) is 5.59. The van der Waals surface area contributed by atoms with Gasteiger partial charge in [0.05, 0.1) is 24.7 Å². The number of hydrogen-bond acceptors (Lipinski definition) is 7. The lowest BCUT2D eigenvalue weighted by molar-refractivity contribution is -0.113. The van der Waals surface area contributed by atoms with Crippen molar-refractivity contribution in [2.45, 2.75) is 10.1 Å². The van der Waals surface area contributed by atoms with Gasteiger partial charge in [0.2, 0.25) is 15.9 Å². The van der Waals surface area contributed by atoms with Gasteiger partial charge in [-0.15, -0.1) is 10.2 Å². The van der Waals surface area contributed by atoms with Crippen molar-refractivity contribution in [1.82, 2.24) is 19.1 Å². The molecule has 1 aliphatic rings. The van der Waals surface area contributed by atoms with Gasteiger partial charge in [0.1, 0.15) is 11.2 Å². The van der Waals surface area contributed by atoms with Crippen molar-refractivity contribution >= 4 is 45.0 Å².